The van der Waals surface area contributed by atoms with Gasteiger partial charge < -0.3 is 19.2 Å². The Bertz CT molecular complexity index is 627. The Morgan fingerprint density at radius 3 is 2.25 bits per heavy atom. The van der Waals surface area contributed by atoms with Gasteiger partial charge in [-0.2, -0.15) is 0 Å². The van der Waals surface area contributed by atoms with E-state index in [9.17, 15) is 9.59 Å². The second kappa shape index (κ2) is 10.7. The van der Waals surface area contributed by atoms with Crippen molar-refractivity contribution in [3.8, 4) is 0 Å². The number of ether oxygens (including phenoxy) is 2. The van der Waals surface area contributed by atoms with Crippen LogP contribution in [-0.2, 0) is 29.9 Å². The van der Waals surface area contributed by atoms with Crippen LogP contribution < -0.4 is 5.32 Å². The summed E-state index contributed by atoms with van der Waals surface area (Å²) in [6.07, 6.45) is -0.295. The predicted octanol–water partition coefficient (Wildman–Crippen LogP) is 3.31. The number of hydrogen-bond donors (Lipinski definition) is 1. The maximum absolute atomic E-state index is 12.7. The molecule has 0 spiro atoms. The lowest BCUT2D eigenvalue weighted by molar-refractivity contribution is -0.149. The van der Waals surface area contributed by atoms with Crippen molar-refractivity contribution in [2.75, 3.05) is 20.3 Å². The van der Waals surface area contributed by atoms with Gasteiger partial charge >= 0.3 is 5.97 Å². The highest BCUT2D eigenvalue weighted by Gasteiger charge is 2.40. The molecule has 2 unspecified atom stereocenters. The van der Waals surface area contributed by atoms with E-state index in [-0.39, 0.29) is 17.6 Å². The Morgan fingerprint density at radius 1 is 1.11 bits per heavy atom. The Labute approximate surface area is 170 Å². The summed E-state index contributed by atoms with van der Waals surface area (Å²) in [6.45, 7) is 12.7. The van der Waals surface area contributed by atoms with Gasteiger partial charge in [-0.15, -0.1) is 0 Å². The van der Waals surface area contributed by atoms with E-state index in [0.717, 1.165) is 5.56 Å². The lowest BCUT2D eigenvalue weighted by Crippen LogP contribution is -2.51. The minimum atomic E-state index is -2.10. The molecule has 0 saturated carbocycles. The maximum Gasteiger partial charge on any atom is 0.329 e. The number of carbonyl (C=O) groups is 2. The van der Waals surface area contributed by atoms with Crippen LogP contribution in [0.2, 0.25) is 18.1 Å². The third kappa shape index (κ3) is 7.73. The average Bonchev–Trinajstić information content (AvgIpc) is 2.60. The molecule has 0 aromatic heterocycles. The number of methoxy groups -OCH3 is 1. The first-order valence-corrected chi connectivity index (χ1v) is 12.6. The Hall–Kier alpha value is -1.70. The number of benzene rings is 1. The monoisotopic (exact) mass is 409 g/mol. The second-order valence-corrected chi connectivity index (χ2v) is 13.2. The fraction of sp³-hybridized carbons (Fsp3) is 0.619. The van der Waals surface area contributed by atoms with Crippen molar-refractivity contribution in [2.45, 2.75) is 64.4 Å². The first kappa shape index (κ1) is 24.3. The molecule has 1 N–H and O–H groups in total. The molecular weight excluding hydrogens is 374 g/mol. The highest BCUT2D eigenvalue weighted by atomic mass is 28.4. The van der Waals surface area contributed by atoms with Crippen molar-refractivity contribution >= 4 is 20.2 Å². The van der Waals surface area contributed by atoms with E-state index in [1.165, 1.54) is 7.11 Å². The van der Waals surface area contributed by atoms with E-state index < -0.39 is 26.4 Å². The van der Waals surface area contributed by atoms with Crippen LogP contribution in [0.3, 0.4) is 0 Å². The van der Waals surface area contributed by atoms with E-state index >= 15 is 0 Å². The van der Waals surface area contributed by atoms with Gasteiger partial charge in [0, 0.05) is 13.5 Å². The van der Waals surface area contributed by atoms with Crippen molar-refractivity contribution < 1.29 is 23.5 Å². The van der Waals surface area contributed by atoms with Crippen LogP contribution >= 0.6 is 0 Å². The molecule has 0 aliphatic rings. The smallest absolute Gasteiger partial charge is 0.329 e. The van der Waals surface area contributed by atoms with Crippen LogP contribution in [0.4, 0.5) is 0 Å². The molecule has 1 rings (SSSR count). The summed E-state index contributed by atoms with van der Waals surface area (Å²) in [5.74, 6) is -0.789. The van der Waals surface area contributed by atoms with Gasteiger partial charge in [0.15, 0.2) is 8.32 Å². The Balaban J connectivity index is 2.83. The zero-order chi connectivity index (χ0) is 21.4. The van der Waals surface area contributed by atoms with Crippen molar-refractivity contribution in [2.24, 2.45) is 0 Å². The average molecular weight is 410 g/mol. The predicted molar refractivity (Wildman–Crippen MR) is 113 cm³/mol. The van der Waals surface area contributed by atoms with Crippen LogP contribution in [0, 0.1) is 0 Å². The Morgan fingerprint density at radius 2 is 1.71 bits per heavy atom. The van der Waals surface area contributed by atoms with E-state index in [4.69, 9.17) is 13.9 Å². The zero-order valence-corrected chi connectivity index (χ0v) is 19.2. The highest BCUT2D eigenvalue weighted by molar-refractivity contribution is 6.74. The number of nitrogens with one attached hydrogen (secondary N) is 1. The van der Waals surface area contributed by atoms with E-state index in [1.807, 2.05) is 30.3 Å². The first-order chi connectivity index (χ1) is 13.0. The van der Waals surface area contributed by atoms with Gasteiger partial charge in [0.1, 0.15) is 18.8 Å². The van der Waals surface area contributed by atoms with Crippen LogP contribution in [-0.4, -0.2) is 52.7 Å². The summed E-state index contributed by atoms with van der Waals surface area (Å²) in [5, 5.41) is 2.80. The van der Waals surface area contributed by atoms with Gasteiger partial charge in [-0.3, -0.25) is 4.79 Å². The SMILES string of the molecule is COCCOC(=O)C(Cc1ccccc1)NC(=O)C(C)O[Si](C)(C)C(C)(C)C. The third-order valence-corrected chi connectivity index (χ3v) is 9.62. The van der Waals surface area contributed by atoms with E-state index in [2.05, 4.69) is 39.2 Å². The van der Waals surface area contributed by atoms with Crippen LogP contribution in [0.5, 0.6) is 0 Å². The van der Waals surface area contributed by atoms with Gasteiger partial charge in [-0.1, -0.05) is 51.1 Å². The molecule has 7 heteroatoms. The zero-order valence-electron chi connectivity index (χ0n) is 18.2. The number of amides is 1. The molecule has 28 heavy (non-hydrogen) atoms. The van der Waals surface area contributed by atoms with Crippen LogP contribution in [0.25, 0.3) is 0 Å². The van der Waals surface area contributed by atoms with Gasteiger partial charge in [0.25, 0.3) is 0 Å². The van der Waals surface area contributed by atoms with Gasteiger partial charge in [-0.25, -0.2) is 4.79 Å². The van der Waals surface area contributed by atoms with E-state index in [1.54, 1.807) is 6.92 Å². The summed E-state index contributed by atoms with van der Waals surface area (Å²) in [5.41, 5.74) is 0.939. The molecule has 158 valence electrons. The fourth-order valence-electron chi connectivity index (χ4n) is 2.33. The molecule has 1 aromatic carbocycles. The molecule has 2 atom stereocenters. The molecular formula is C21H35NO5Si. The number of hydrogen-bond acceptors (Lipinski definition) is 5. The largest absolute Gasteiger partial charge is 0.462 e. The molecule has 1 aromatic rings. The fourth-order valence-corrected chi connectivity index (χ4v) is 3.68. The number of carbonyl (C=O) groups excluding carboxylic acids is 2. The minimum Gasteiger partial charge on any atom is -0.462 e. The molecule has 0 bridgehead atoms. The third-order valence-electron chi connectivity index (χ3n) is 5.06. The first-order valence-electron chi connectivity index (χ1n) is 9.65. The maximum atomic E-state index is 12.7. The Kier molecular flexibility index (Phi) is 9.33. The summed E-state index contributed by atoms with van der Waals surface area (Å²) in [4.78, 5) is 25.2. The van der Waals surface area contributed by atoms with Crippen molar-refractivity contribution in [3.63, 3.8) is 0 Å². The normalized spacial score (nSPS) is 14.2. The highest BCUT2D eigenvalue weighted by Crippen LogP contribution is 2.37. The van der Waals surface area contributed by atoms with Gasteiger partial charge in [0.2, 0.25) is 5.91 Å². The molecule has 0 aliphatic heterocycles. The molecule has 0 saturated heterocycles. The number of esters is 1. The van der Waals surface area contributed by atoms with E-state index in [0.29, 0.717) is 13.0 Å². The molecule has 0 aliphatic carbocycles. The van der Waals surface area contributed by atoms with Gasteiger partial charge in [0.05, 0.1) is 6.61 Å². The summed E-state index contributed by atoms with van der Waals surface area (Å²) in [6, 6.07) is 8.75. The molecule has 0 heterocycles. The molecule has 6 nitrogen and oxygen atoms in total. The van der Waals surface area contributed by atoms with Gasteiger partial charge in [-0.05, 0) is 30.6 Å². The topological polar surface area (TPSA) is 73.9 Å². The second-order valence-electron chi connectivity index (χ2n) is 8.43. The molecule has 1 amide bonds. The van der Waals surface area contributed by atoms with Crippen molar-refractivity contribution in [1.29, 1.82) is 0 Å². The molecule has 0 radical (unpaired) electrons. The summed E-state index contributed by atoms with van der Waals surface area (Å²) in [7, 11) is -0.564. The minimum absolute atomic E-state index is 0.00986. The quantitative estimate of drug-likeness (QED) is 0.365. The summed E-state index contributed by atoms with van der Waals surface area (Å²) < 4.78 is 16.3. The van der Waals surface area contributed by atoms with Crippen molar-refractivity contribution in [1.82, 2.24) is 5.32 Å². The number of rotatable bonds is 10. The summed E-state index contributed by atoms with van der Waals surface area (Å²) >= 11 is 0. The standard InChI is InChI=1S/C21H35NO5Si/c1-16(27-28(6,7)21(2,3)4)19(23)22-18(20(24)26-14-13-25-5)15-17-11-9-8-10-12-17/h8-12,16,18H,13-15H2,1-7H3,(H,22,23). The van der Waals surface area contributed by atoms with Crippen LogP contribution in [0.15, 0.2) is 30.3 Å². The van der Waals surface area contributed by atoms with Crippen LogP contribution in [0.1, 0.15) is 33.3 Å². The lowest BCUT2D eigenvalue weighted by Gasteiger charge is -2.38. The molecule has 0 fully saturated rings. The lowest BCUT2D eigenvalue weighted by atomic mass is 10.1. The van der Waals surface area contributed by atoms with Crippen molar-refractivity contribution in [3.05, 3.63) is 35.9 Å².